The molecular weight excluding hydrogens is 146 g/mol. The maximum Gasteiger partial charge on any atom is 0.00735 e. The van der Waals surface area contributed by atoms with E-state index in [1.165, 1.54) is 32.1 Å². The van der Waals surface area contributed by atoms with Gasteiger partial charge >= 0.3 is 0 Å². The lowest BCUT2D eigenvalue weighted by molar-refractivity contribution is 0.304. The van der Waals surface area contributed by atoms with Crippen LogP contribution in [-0.2, 0) is 0 Å². The first-order valence-corrected chi connectivity index (χ1v) is 5.21. The van der Waals surface area contributed by atoms with Gasteiger partial charge in [-0.2, -0.15) is 0 Å². The van der Waals surface area contributed by atoms with Crippen molar-refractivity contribution in [1.29, 1.82) is 0 Å². The third kappa shape index (κ3) is 1.56. The van der Waals surface area contributed by atoms with E-state index < -0.39 is 0 Å². The van der Waals surface area contributed by atoms with Crippen molar-refractivity contribution in [2.24, 2.45) is 17.6 Å². The minimum atomic E-state index is 0.362. The summed E-state index contributed by atoms with van der Waals surface area (Å²) in [5.74, 6) is 1.65. The molecule has 1 saturated carbocycles. The van der Waals surface area contributed by atoms with E-state index in [9.17, 15) is 0 Å². The van der Waals surface area contributed by atoms with Crippen LogP contribution in [0.2, 0.25) is 0 Å². The van der Waals surface area contributed by atoms with Crippen LogP contribution in [0.3, 0.4) is 0 Å². The van der Waals surface area contributed by atoms with E-state index in [-0.39, 0.29) is 0 Å². The molecule has 2 bridgehead atoms. The zero-order valence-electron chi connectivity index (χ0n) is 7.92. The van der Waals surface area contributed by atoms with Gasteiger partial charge in [-0.05, 0) is 50.9 Å². The van der Waals surface area contributed by atoms with Crippen molar-refractivity contribution in [3.05, 3.63) is 11.6 Å². The fourth-order valence-electron chi connectivity index (χ4n) is 2.67. The maximum absolute atomic E-state index is 5.93. The van der Waals surface area contributed by atoms with Gasteiger partial charge in [-0.3, -0.25) is 0 Å². The van der Waals surface area contributed by atoms with Crippen LogP contribution in [0.5, 0.6) is 0 Å². The Morgan fingerprint density at radius 2 is 2.42 bits per heavy atom. The van der Waals surface area contributed by atoms with Gasteiger partial charge in [0.05, 0.1) is 0 Å². The molecule has 0 aromatic carbocycles. The monoisotopic (exact) mass is 165 g/mol. The highest BCUT2D eigenvalue weighted by Crippen LogP contribution is 2.38. The topological polar surface area (TPSA) is 26.0 Å². The van der Waals surface area contributed by atoms with Gasteiger partial charge in [0.2, 0.25) is 0 Å². The first-order valence-electron chi connectivity index (χ1n) is 5.21. The lowest BCUT2D eigenvalue weighted by Crippen LogP contribution is -2.31. The predicted molar refractivity (Wildman–Crippen MR) is 51.8 cm³/mol. The molecule has 2 N–H and O–H groups in total. The molecule has 12 heavy (non-hydrogen) atoms. The number of allylic oxidation sites excluding steroid dienone is 1. The van der Waals surface area contributed by atoms with Crippen molar-refractivity contribution in [3.8, 4) is 0 Å². The second-order valence-corrected chi connectivity index (χ2v) is 4.55. The molecule has 2 aliphatic rings. The van der Waals surface area contributed by atoms with Crippen LogP contribution in [0.25, 0.3) is 0 Å². The summed E-state index contributed by atoms with van der Waals surface area (Å²) in [6.45, 7) is 2.14. The first-order chi connectivity index (χ1) is 5.75. The van der Waals surface area contributed by atoms with Gasteiger partial charge < -0.3 is 5.73 Å². The number of nitrogens with two attached hydrogens (primary N) is 1. The molecule has 0 radical (unpaired) electrons. The predicted octanol–water partition coefficient (Wildman–Crippen LogP) is 2.47. The van der Waals surface area contributed by atoms with Crippen LogP contribution in [0.1, 0.15) is 39.0 Å². The minimum Gasteiger partial charge on any atom is -0.327 e. The summed E-state index contributed by atoms with van der Waals surface area (Å²) in [6, 6.07) is 0.362. The Balaban J connectivity index is 2.11. The molecular formula is C11H19N. The second-order valence-electron chi connectivity index (χ2n) is 4.55. The average Bonchev–Trinajstić information content (AvgIpc) is 2.03. The zero-order valence-corrected chi connectivity index (χ0v) is 7.92. The SMILES string of the molecule is CC(N)C1C=C2CCCC(C2)C1. The lowest BCUT2D eigenvalue weighted by atomic mass is 9.73. The molecule has 0 spiro atoms. The van der Waals surface area contributed by atoms with Gasteiger partial charge in [0.15, 0.2) is 0 Å². The molecule has 0 saturated heterocycles. The lowest BCUT2D eigenvalue weighted by Gasteiger charge is -2.34. The summed E-state index contributed by atoms with van der Waals surface area (Å²) in [4.78, 5) is 0. The summed E-state index contributed by atoms with van der Waals surface area (Å²) in [7, 11) is 0. The third-order valence-corrected chi connectivity index (χ3v) is 3.39. The van der Waals surface area contributed by atoms with Gasteiger partial charge in [0.25, 0.3) is 0 Å². The Morgan fingerprint density at radius 3 is 3.08 bits per heavy atom. The highest BCUT2D eigenvalue weighted by atomic mass is 14.6. The van der Waals surface area contributed by atoms with Crippen molar-refractivity contribution >= 4 is 0 Å². The van der Waals surface area contributed by atoms with E-state index >= 15 is 0 Å². The van der Waals surface area contributed by atoms with Gasteiger partial charge in [0.1, 0.15) is 0 Å². The van der Waals surface area contributed by atoms with Crippen molar-refractivity contribution < 1.29 is 0 Å². The van der Waals surface area contributed by atoms with Crippen LogP contribution in [-0.4, -0.2) is 6.04 Å². The Bertz CT molecular complexity index is 193. The van der Waals surface area contributed by atoms with Crippen LogP contribution < -0.4 is 5.73 Å². The fraction of sp³-hybridized carbons (Fsp3) is 0.818. The fourth-order valence-corrected chi connectivity index (χ4v) is 2.67. The molecule has 3 unspecified atom stereocenters. The molecule has 3 atom stereocenters. The molecule has 2 aliphatic carbocycles. The van der Waals surface area contributed by atoms with E-state index in [1.54, 1.807) is 5.57 Å². The Labute approximate surface area is 75.0 Å². The summed E-state index contributed by atoms with van der Waals surface area (Å²) in [5, 5.41) is 0. The number of rotatable bonds is 1. The van der Waals surface area contributed by atoms with Crippen LogP contribution in [0.15, 0.2) is 11.6 Å². The Hall–Kier alpha value is -0.300. The molecule has 68 valence electrons. The van der Waals surface area contributed by atoms with Crippen molar-refractivity contribution in [2.45, 2.75) is 45.1 Å². The van der Waals surface area contributed by atoms with Crippen molar-refractivity contribution in [3.63, 3.8) is 0 Å². The van der Waals surface area contributed by atoms with E-state index in [1.807, 2.05) is 0 Å². The summed E-state index contributed by atoms with van der Waals surface area (Å²) >= 11 is 0. The Kier molecular flexibility index (Phi) is 2.22. The number of hydrogen-bond acceptors (Lipinski definition) is 1. The van der Waals surface area contributed by atoms with Crippen LogP contribution in [0, 0.1) is 11.8 Å². The molecule has 0 aliphatic heterocycles. The molecule has 0 heterocycles. The number of fused-ring (bicyclic) bond motifs is 2. The van der Waals surface area contributed by atoms with E-state index in [4.69, 9.17) is 5.73 Å². The van der Waals surface area contributed by atoms with Gasteiger partial charge in [-0.1, -0.05) is 11.6 Å². The van der Waals surface area contributed by atoms with Gasteiger partial charge in [-0.15, -0.1) is 0 Å². The highest BCUT2D eigenvalue weighted by Gasteiger charge is 2.26. The normalized spacial score (nSPS) is 37.3. The molecule has 1 nitrogen and oxygen atoms in total. The van der Waals surface area contributed by atoms with E-state index in [0.717, 1.165) is 5.92 Å². The van der Waals surface area contributed by atoms with Crippen LogP contribution >= 0.6 is 0 Å². The van der Waals surface area contributed by atoms with Gasteiger partial charge in [0, 0.05) is 6.04 Å². The molecule has 0 aromatic rings. The Morgan fingerprint density at radius 1 is 1.58 bits per heavy atom. The van der Waals surface area contributed by atoms with Crippen LogP contribution in [0.4, 0.5) is 0 Å². The van der Waals surface area contributed by atoms with Crippen molar-refractivity contribution in [2.75, 3.05) is 0 Å². The molecule has 1 fully saturated rings. The molecule has 2 rings (SSSR count). The molecule has 1 heteroatoms. The molecule has 0 aromatic heterocycles. The standard InChI is InChI=1S/C11H19N/c1-8(12)11-6-9-3-2-4-10(5-9)7-11/h6,8,10-11H,2-5,7,12H2,1H3. The van der Waals surface area contributed by atoms with Gasteiger partial charge in [-0.25, -0.2) is 0 Å². The van der Waals surface area contributed by atoms with E-state index in [0.29, 0.717) is 12.0 Å². The quantitative estimate of drug-likeness (QED) is 0.593. The zero-order chi connectivity index (χ0) is 8.55. The highest BCUT2D eigenvalue weighted by molar-refractivity contribution is 5.13. The maximum atomic E-state index is 5.93. The van der Waals surface area contributed by atoms with Crippen molar-refractivity contribution in [1.82, 2.24) is 0 Å². The minimum absolute atomic E-state index is 0.362. The largest absolute Gasteiger partial charge is 0.327 e. The second kappa shape index (κ2) is 3.21. The molecule has 0 amide bonds. The average molecular weight is 165 g/mol. The van der Waals surface area contributed by atoms with E-state index in [2.05, 4.69) is 13.0 Å². The summed E-state index contributed by atoms with van der Waals surface area (Å²) in [6.07, 6.45) is 9.40. The summed E-state index contributed by atoms with van der Waals surface area (Å²) < 4.78 is 0. The summed E-state index contributed by atoms with van der Waals surface area (Å²) in [5.41, 5.74) is 7.62. The number of hydrogen-bond donors (Lipinski definition) is 1. The third-order valence-electron chi connectivity index (χ3n) is 3.39. The smallest absolute Gasteiger partial charge is 0.00735 e. The first kappa shape index (κ1) is 8.31.